The summed E-state index contributed by atoms with van der Waals surface area (Å²) >= 11 is 0. The van der Waals surface area contributed by atoms with Crippen molar-refractivity contribution in [3.05, 3.63) is 41.7 Å². The van der Waals surface area contributed by atoms with Gasteiger partial charge in [-0.25, -0.2) is 4.57 Å². The second-order valence-corrected chi connectivity index (χ2v) is 3.53. The van der Waals surface area contributed by atoms with Crippen LogP contribution in [0.25, 0.3) is 6.08 Å². The highest BCUT2D eigenvalue weighted by molar-refractivity contribution is 7.56. The molecule has 0 saturated carbocycles. The molecule has 4 heteroatoms. The highest BCUT2D eigenvalue weighted by Gasteiger charge is 2.11. The number of hydrogen-bond acceptors (Lipinski definition) is 1. The third kappa shape index (κ3) is 3.44. The first-order valence-electron chi connectivity index (χ1n) is 3.31. The predicted octanol–water partition coefficient (Wildman–Crippen LogP) is 3.79. The van der Waals surface area contributed by atoms with Crippen molar-refractivity contribution < 1.29 is 13.0 Å². The van der Waals surface area contributed by atoms with Crippen molar-refractivity contribution in [2.75, 3.05) is 0 Å². The molecular weight excluding hydrogens is 181 g/mol. The zero-order valence-corrected chi connectivity index (χ0v) is 7.05. The van der Waals surface area contributed by atoms with Gasteiger partial charge in [-0.15, -0.1) is 8.39 Å². The highest BCUT2D eigenvalue weighted by Crippen LogP contribution is 2.50. The summed E-state index contributed by atoms with van der Waals surface area (Å²) in [6, 6.07) is 8.54. The van der Waals surface area contributed by atoms with Gasteiger partial charge >= 0.3 is 7.76 Å². The van der Waals surface area contributed by atoms with Crippen LogP contribution in [0, 0.1) is 0 Å². The zero-order valence-electron chi connectivity index (χ0n) is 6.15. The van der Waals surface area contributed by atoms with E-state index < -0.39 is 7.76 Å². The van der Waals surface area contributed by atoms with Gasteiger partial charge in [-0.3, -0.25) is 0 Å². The second kappa shape index (κ2) is 3.63. The largest absolute Gasteiger partial charge is 0.426 e. The monoisotopic (exact) mass is 188 g/mol. The zero-order chi connectivity index (χ0) is 9.03. The summed E-state index contributed by atoms with van der Waals surface area (Å²) in [6.07, 6.45) is 1.15. The van der Waals surface area contributed by atoms with E-state index in [9.17, 15) is 13.0 Å². The molecule has 1 aromatic carbocycles. The Balaban J connectivity index is 2.78. The van der Waals surface area contributed by atoms with E-state index in [-0.39, 0.29) is 0 Å². The standard InChI is InChI=1S/C8H7F2OP/c9-12(10,11)7-6-8-4-2-1-3-5-8/h1-7H. The van der Waals surface area contributed by atoms with E-state index in [4.69, 9.17) is 0 Å². The normalized spacial score (nSPS) is 12.2. The lowest BCUT2D eigenvalue weighted by molar-refractivity contribution is 0.506. The van der Waals surface area contributed by atoms with Crippen molar-refractivity contribution in [1.29, 1.82) is 0 Å². The van der Waals surface area contributed by atoms with Crippen LogP contribution in [-0.2, 0) is 4.57 Å². The molecule has 0 atom stereocenters. The van der Waals surface area contributed by atoms with E-state index in [2.05, 4.69) is 0 Å². The lowest BCUT2D eigenvalue weighted by Gasteiger charge is -1.90. The fourth-order valence-electron chi connectivity index (χ4n) is 0.737. The van der Waals surface area contributed by atoms with Crippen LogP contribution in [0.15, 0.2) is 36.1 Å². The Kier molecular flexibility index (Phi) is 2.77. The first-order chi connectivity index (χ1) is 5.58. The molecule has 0 aromatic heterocycles. The molecule has 1 rings (SSSR count). The summed E-state index contributed by atoms with van der Waals surface area (Å²) in [7, 11) is -5.01. The molecule has 0 N–H and O–H groups in total. The molecule has 0 unspecified atom stereocenters. The summed E-state index contributed by atoms with van der Waals surface area (Å²) in [5, 5.41) is 0. The first kappa shape index (κ1) is 9.14. The average Bonchev–Trinajstić information content (AvgIpc) is 2.02. The Bertz CT molecular complexity index is 315. The maximum absolute atomic E-state index is 11.9. The molecule has 1 nitrogen and oxygen atoms in total. The number of rotatable bonds is 2. The van der Waals surface area contributed by atoms with Crippen LogP contribution in [0.2, 0.25) is 0 Å². The maximum atomic E-state index is 11.9. The molecule has 64 valence electrons. The Morgan fingerprint density at radius 3 is 2.25 bits per heavy atom. The minimum Gasteiger partial charge on any atom is -0.245 e. The Morgan fingerprint density at radius 1 is 1.17 bits per heavy atom. The molecule has 0 fully saturated rings. The van der Waals surface area contributed by atoms with Gasteiger partial charge in [0.15, 0.2) is 0 Å². The quantitative estimate of drug-likeness (QED) is 0.645. The van der Waals surface area contributed by atoms with Gasteiger partial charge < -0.3 is 0 Å². The van der Waals surface area contributed by atoms with Crippen molar-refractivity contribution in [3.63, 3.8) is 0 Å². The van der Waals surface area contributed by atoms with Gasteiger partial charge in [-0.2, -0.15) is 0 Å². The van der Waals surface area contributed by atoms with E-state index >= 15 is 0 Å². The molecule has 0 amide bonds. The summed E-state index contributed by atoms with van der Waals surface area (Å²) in [4.78, 5) is 0. The molecule has 0 saturated heterocycles. The van der Waals surface area contributed by atoms with Gasteiger partial charge in [-0.05, 0) is 11.6 Å². The van der Waals surface area contributed by atoms with E-state index in [1.807, 2.05) is 0 Å². The third-order valence-electron chi connectivity index (χ3n) is 1.24. The van der Waals surface area contributed by atoms with E-state index in [1.165, 1.54) is 0 Å². The van der Waals surface area contributed by atoms with Crippen molar-refractivity contribution in [2.24, 2.45) is 0 Å². The van der Waals surface area contributed by atoms with E-state index in [1.54, 1.807) is 30.3 Å². The van der Waals surface area contributed by atoms with Gasteiger partial charge in [0.05, 0.1) is 0 Å². The third-order valence-corrected chi connectivity index (χ3v) is 1.74. The van der Waals surface area contributed by atoms with Crippen molar-refractivity contribution in [3.8, 4) is 0 Å². The van der Waals surface area contributed by atoms with Crippen LogP contribution in [0.1, 0.15) is 5.56 Å². The smallest absolute Gasteiger partial charge is 0.245 e. The van der Waals surface area contributed by atoms with Crippen molar-refractivity contribution in [2.45, 2.75) is 0 Å². The SMILES string of the molecule is O=P(F)(F)C=Cc1ccccc1. The van der Waals surface area contributed by atoms with Gasteiger partial charge in [-0.1, -0.05) is 30.3 Å². The van der Waals surface area contributed by atoms with E-state index in [0.717, 1.165) is 6.08 Å². The molecule has 0 heterocycles. The minimum absolute atomic E-state index is 0.447. The molecule has 0 aliphatic heterocycles. The predicted molar refractivity (Wildman–Crippen MR) is 45.3 cm³/mol. The average molecular weight is 188 g/mol. The number of benzene rings is 1. The summed E-state index contributed by atoms with van der Waals surface area (Å²) in [5.41, 5.74) is 0.619. The number of halogens is 2. The Labute approximate surface area is 69.3 Å². The molecule has 0 aliphatic carbocycles. The van der Waals surface area contributed by atoms with Gasteiger partial charge in [0.1, 0.15) is 0 Å². The van der Waals surface area contributed by atoms with Crippen LogP contribution in [0.3, 0.4) is 0 Å². The van der Waals surface area contributed by atoms with Gasteiger partial charge in [0, 0.05) is 5.82 Å². The topological polar surface area (TPSA) is 17.1 Å². The Morgan fingerprint density at radius 2 is 1.75 bits per heavy atom. The highest BCUT2D eigenvalue weighted by atomic mass is 31.2. The van der Waals surface area contributed by atoms with Crippen molar-refractivity contribution in [1.82, 2.24) is 0 Å². The lowest BCUT2D eigenvalue weighted by Crippen LogP contribution is -1.66. The second-order valence-electron chi connectivity index (χ2n) is 2.23. The van der Waals surface area contributed by atoms with Crippen molar-refractivity contribution >= 4 is 13.8 Å². The molecule has 0 bridgehead atoms. The molecular formula is C8H7F2OP. The van der Waals surface area contributed by atoms with Crippen LogP contribution in [0.5, 0.6) is 0 Å². The molecule has 0 aliphatic rings. The molecule has 0 radical (unpaired) electrons. The maximum Gasteiger partial charge on any atom is 0.426 e. The van der Waals surface area contributed by atoms with Gasteiger partial charge in [0.2, 0.25) is 0 Å². The van der Waals surface area contributed by atoms with Gasteiger partial charge in [0.25, 0.3) is 0 Å². The first-order valence-corrected chi connectivity index (χ1v) is 4.87. The molecule has 12 heavy (non-hydrogen) atoms. The lowest BCUT2D eigenvalue weighted by atomic mass is 10.2. The minimum atomic E-state index is -5.01. The summed E-state index contributed by atoms with van der Waals surface area (Å²) in [6.45, 7) is 0. The van der Waals surface area contributed by atoms with Crippen LogP contribution in [-0.4, -0.2) is 0 Å². The van der Waals surface area contributed by atoms with Crippen LogP contribution in [0.4, 0.5) is 8.39 Å². The Hall–Kier alpha value is -0.950. The van der Waals surface area contributed by atoms with Crippen LogP contribution >= 0.6 is 7.76 Å². The fraction of sp³-hybridized carbons (Fsp3) is 0. The molecule has 0 spiro atoms. The molecule has 1 aromatic rings. The number of hydrogen-bond donors (Lipinski definition) is 0. The fourth-order valence-corrected chi connectivity index (χ4v) is 1.08. The van der Waals surface area contributed by atoms with E-state index in [0.29, 0.717) is 11.4 Å². The van der Waals surface area contributed by atoms with Crippen LogP contribution < -0.4 is 0 Å². The summed E-state index contributed by atoms with van der Waals surface area (Å²) < 4.78 is 33.7. The summed E-state index contributed by atoms with van der Waals surface area (Å²) in [5.74, 6) is 0.447.